The van der Waals surface area contributed by atoms with Crippen LogP contribution in [-0.2, 0) is 6.42 Å². The molecule has 2 rings (SSSR count). The average molecular weight is 274 g/mol. The van der Waals surface area contributed by atoms with Crippen LogP contribution in [0.25, 0.3) is 0 Å². The van der Waals surface area contributed by atoms with Gasteiger partial charge in [0.05, 0.1) is 6.07 Å². The standard InChI is InChI=1S/C15H18N2O3/c1-10(2)15-16-13(19)9-14(17-15)20-12-6-4-3-5-11(12)7-8-18/h3-6,9-10,18H,7-8H2,1-2H3,(H,16,17,19). The number of rotatable bonds is 5. The van der Waals surface area contributed by atoms with Crippen molar-refractivity contribution in [3.63, 3.8) is 0 Å². The van der Waals surface area contributed by atoms with Gasteiger partial charge in [0.1, 0.15) is 11.6 Å². The topological polar surface area (TPSA) is 75.2 Å². The fraction of sp³-hybridized carbons (Fsp3) is 0.333. The zero-order valence-corrected chi connectivity index (χ0v) is 11.6. The molecule has 1 aromatic heterocycles. The van der Waals surface area contributed by atoms with Crippen LogP contribution in [0.4, 0.5) is 0 Å². The number of H-pyrrole nitrogens is 1. The number of aromatic nitrogens is 2. The first kappa shape index (κ1) is 14.3. The first-order chi connectivity index (χ1) is 9.60. The van der Waals surface area contributed by atoms with Gasteiger partial charge in [0, 0.05) is 12.5 Å². The Morgan fingerprint density at radius 3 is 2.80 bits per heavy atom. The summed E-state index contributed by atoms with van der Waals surface area (Å²) >= 11 is 0. The van der Waals surface area contributed by atoms with Crippen LogP contribution in [0.5, 0.6) is 11.6 Å². The summed E-state index contributed by atoms with van der Waals surface area (Å²) < 4.78 is 5.69. The zero-order chi connectivity index (χ0) is 14.5. The molecule has 0 saturated carbocycles. The fourth-order valence-electron chi connectivity index (χ4n) is 1.82. The van der Waals surface area contributed by atoms with Crippen molar-refractivity contribution in [3.05, 3.63) is 52.1 Å². The molecule has 1 aromatic carbocycles. The quantitative estimate of drug-likeness (QED) is 0.876. The van der Waals surface area contributed by atoms with E-state index in [0.29, 0.717) is 18.0 Å². The average Bonchev–Trinajstić information content (AvgIpc) is 2.40. The van der Waals surface area contributed by atoms with Crippen LogP contribution in [0.15, 0.2) is 35.1 Å². The van der Waals surface area contributed by atoms with Crippen molar-refractivity contribution >= 4 is 0 Å². The maximum absolute atomic E-state index is 11.6. The monoisotopic (exact) mass is 274 g/mol. The second kappa shape index (κ2) is 6.34. The number of para-hydroxylation sites is 1. The predicted octanol–water partition coefficient (Wildman–Crippen LogP) is 2.22. The van der Waals surface area contributed by atoms with Crippen LogP contribution >= 0.6 is 0 Å². The molecular formula is C15H18N2O3. The largest absolute Gasteiger partial charge is 0.438 e. The van der Waals surface area contributed by atoms with E-state index in [9.17, 15) is 4.79 Å². The minimum atomic E-state index is -0.238. The highest BCUT2D eigenvalue weighted by Crippen LogP contribution is 2.24. The van der Waals surface area contributed by atoms with Gasteiger partial charge in [0.2, 0.25) is 5.88 Å². The summed E-state index contributed by atoms with van der Waals surface area (Å²) in [4.78, 5) is 18.6. The molecule has 0 amide bonds. The Labute approximate surface area is 117 Å². The number of nitrogens with zero attached hydrogens (tertiary/aromatic N) is 1. The second-order valence-corrected chi connectivity index (χ2v) is 4.81. The van der Waals surface area contributed by atoms with Gasteiger partial charge in [0.25, 0.3) is 5.56 Å². The van der Waals surface area contributed by atoms with Gasteiger partial charge in [-0.1, -0.05) is 32.0 Å². The van der Waals surface area contributed by atoms with E-state index >= 15 is 0 Å². The SMILES string of the molecule is CC(C)c1nc(Oc2ccccc2CCO)cc(=O)[nH]1. The molecule has 5 heteroatoms. The number of ether oxygens (including phenoxy) is 1. The minimum absolute atomic E-state index is 0.0421. The molecule has 0 aliphatic rings. The third kappa shape index (κ3) is 3.45. The predicted molar refractivity (Wildman–Crippen MR) is 76.3 cm³/mol. The summed E-state index contributed by atoms with van der Waals surface area (Å²) in [6.45, 7) is 3.93. The zero-order valence-electron chi connectivity index (χ0n) is 11.6. The van der Waals surface area contributed by atoms with Crippen LogP contribution in [-0.4, -0.2) is 21.7 Å². The number of aliphatic hydroxyl groups excluding tert-OH is 1. The number of benzene rings is 1. The van der Waals surface area contributed by atoms with Gasteiger partial charge in [-0.25, -0.2) is 0 Å². The number of aliphatic hydroxyl groups is 1. The Kier molecular flexibility index (Phi) is 4.53. The minimum Gasteiger partial charge on any atom is -0.438 e. The van der Waals surface area contributed by atoms with E-state index in [1.807, 2.05) is 32.0 Å². The number of aromatic amines is 1. The Bertz CT molecular complexity index is 635. The third-order valence-corrected chi connectivity index (χ3v) is 2.85. The molecule has 0 radical (unpaired) electrons. The summed E-state index contributed by atoms with van der Waals surface area (Å²) in [5.74, 6) is 1.57. The second-order valence-electron chi connectivity index (χ2n) is 4.81. The number of nitrogens with one attached hydrogen (secondary N) is 1. The van der Waals surface area contributed by atoms with E-state index < -0.39 is 0 Å². The molecule has 2 aromatic rings. The van der Waals surface area contributed by atoms with E-state index in [1.54, 1.807) is 6.07 Å². The number of hydrogen-bond donors (Lipinski definition) is 2. The molecule has 2 N–H and O–H groups in total. The van der Waals surface area contributed by atoms with Crippen molar-refractivity contribution in [2.45, 2.75) is 26.2 Å². The highest BCUT2D eigenvalue weighted by Gasteiger charge is 2.09. The lowest BCUT2D eigenvalue weighted by Gasteiger charge is -2.11. The lowest BCUT2D eigenvalue weighted by atomic mass is 10.1. The Hall–Kier alpha value is -2.14. The van der Waals surface area contributed by atoms with E-state index in [0.717, 1.165) is 5.56 Å². The van der Waals surface area contributed by atoms with Crippen molar-refractivity contribution < 1.29 is 9.84 Å². The van der Waals surface area contributed by atoms with E-state index in [2.05, 4.69) is 9.97 Å². The van der Waals surface area contributed by atoms with Gasteiger partial charge in [-0.2, -0.15) is 4.98 Å². The molecule has 0 fully saturated rings. The van der Waals surface area contributed by atoms with Crippen molar-refractivity contribution in [2.24, 2.45) is 0 Å². The van der Waals surface area contributed by atoms with E-state index in [1.165, 1.54) is 6.07 Å². The van der Waals surface area contributed by atoms with Crippen molar-refractivity contribution in [3.8, 4) is 11.6 Å². The Morgan fingerprint density at radius 2 is 2.10 bits per heavy atom. The molecule has 1 heterocycles. The third-order valence-electron chi connectivity index (χ3n) is 2.85. The molecule has 5 nitrogen and oxygen atoms in total. The maximum atomic E-state index is 11.6. The summed E-state index contributed by atoms with van der Waals surface area (Å²) in [6, 6.07) is 8.71. The van der Waals surface area contributed by atoms with Gasteiger partial charge in [-0.15, -0.1) is 0 Å². The van der Waals surface area contributed by atoms with Gasteiger partial charge >= 0.3 is 0 Å². The van der Waals surface area contributed by atoms with E-state index in [4.69, 9.17) is 9.84 Å². The number of hydrogen-bond acceptors (Lipinski definition) is 4. The van der Waals surface area contributed by atoms with Crippen LogP contribution in [0.1, 0.15) is 31.2 Å². The molecule has 0 saturated heterocycles. The molecule has 0 bridgehead atoms. The van der Waals surface area contributed by atoms with Crippen molar-refractivity contribution in [2.75, 3.05) is 6.61 Å². The van der Waals surface area contributed by atoms with Crippen molar-refractivity contribution in [1.29, 1.82) is 0 Å². The van der Waals surface area contributed by atoms with Crippen LogP contribution in [0.2, 0.25) is 0 Å². The summed E-state index contributed by atoms with van der Waals surface area (Å²) in [7, 11) is 0. The molecule has 0 aliphatic carbocycles. The molecule has 20 heavy (non-hydrogen) atoms. The Balaban J connectivity index is 2.32. The van der Waals surface area contributed by atoms with Crippen LogP contribution < -0.4 is 10.3 Å². The van der Waals surface area contributed by atoms with Crippen LogP contribution in [0, 0.1) is 0 Å². The summed E-state index contributed by atoms with van der Waals surface area (Å²) in [6.07, 6.45) is 0.496. The fourth-order valence-corrected chi connectivity index (χ4v) is 1.82. The summed E-state index contributed by atoms with van der Waals surface area (Å²) in [5.41, 5.74) is 0.640. The lowest BCUT2D eigenvalue weighted by Crippen LogP contribution is -2.12. The molecular weight excluding hydrogens is 256 g/mol. The van der Waals surface area contributed by atoms with E-state index in [-0.39, 0.29) is 24.0 Å². The molecule has 106 valence electrons. The maximum Gasteiger partial charge on any atom is 0.254 e. The molecule has 0 aliphatic heterocycles. The smallest absolute Gasteiger partial charge is 0.254 e. The van der Waals surface area contributed by atoms with Gasteiger partial charge in [-0.3, -0.25) is 4.79 Å². The van der Waals surface area contributed by atoms with Crippen LogP contribution in [0.3, 0.4) is 0 Å². The molecule has 0 atom stereocenters. The first-order valence-electron chi connectivity index (χ1n) is 6.58. The molecule has 0 unspecified atom stereocenters. The highest BCUT2D eigenvalue weighted by atomic mass is 16.5. The Morgan fingerprint density at radius 1 is 1.35 bits per heavy atom. The first-order valence-corrected chi connectivity index (χ1v) is 6.58. The molecule has 0 spiro atoms. The van der Waals surface area contributed by atoms with Gasteiger partial charge < -0.3 is 14.8 Å². The summed E-state index contributed by atoms with van der Waals surface area (Å²) in [5, 5.41) is 9.05. The highest BCUT2D eigenvalue weighted by molar-refractivity contribution is 5.36. The lowest BCUT2D eigenvalue weighted by molar-refractivity contribution is 0.297. The van der Waals surface area contributed by atoms with Gasteiger partial charge in [0.15, 0.2) is 0 Å². The normalized spacial score (nSPS) is 10.8. The van der Waals surface area contributed by atoms with Crippen molar-refractivity contribution in [1.82, 2.24) is 9.97 Å². The van der Waals surface area contributed by atoms with Gasteiger partial charge in [-0.05, 0) is 18.1 Å².